The molecule has 6 aromatic rings. The maximum absolute atomic E-state index is 4.47. The fourth-order valence-corrected chi connectivity index (χ4v) is 5.08. The van der Waals surface area contributed by atoms with Crippen molar-refractivity contribution in [3.63, 3.8) is 0 Å². The van der Waals surface area contributed by atoms with Gasteiger partial charge in [-0.25, -0.2) is 0 Å². The summed E-state index contributed by atoms with van der Waals surface area (Å²) in [6, 6.07) is 28.0. The Morgan fingerprint density at radius 3 is 1.74 bits per heavy atom. The van der Waals surface area contributed by atoms with Crippen LogP contribution in [0.3, 0.4) is 0 Å². The number of aromatic nitrogens is 9. The van der Waals surface area contributed by atoms with E-state index < -0.39 is 0 Å². The molecular weight excluding hydrogens is 668 g/mol. The lowest BCUT2D eigenvalue weighted by molar-refractivity contribution is 0.964. The fraction of sp³-hybridized carbons (Fsp3) is 0. The van der Waals surface area contributed by atoms with Gasteiger partial charge in [-0.15, -0.1) is 30.6 Å². The van der Waals surface area contributed by atoms with Gasteiger partial charge in [-0.1, -0.05) is 48.5 Å². The molecule has 0 aliphatic carbocycles. The molecule has 170 valence electrons. The highest BCUT2D eigenvalue weighted by atomic mass is 127. The van der Waals surface area contributed by atoms with E-state index in [1.54, 1.807) is 6.33 Å². The molecule has 0 fully saturated rings. The molecule has 11 heteroatoms. The molecule has 0 saturated carbocycles. The number of rotatable bonds is 5. The summed E-state index contributed by atoms with van der Waals surface area (Å²) in [6.45, 7) is 0. The largest absolute Gasteiger partial charge is 0.282 e. The van der Waals surface area contributed by atoms with Crippen molar-refractivity contribution in [3.05, 3.63) is 98.9 Å². The van der Waals surface area contributed by atoms with Gasteiger partial charge >= 0.3 is 0 Å². The average Bonchev–Trinajstić information content (AvgIpc) is 3.63. The minimum atomic E-state index is 0.593. The van der Waals surface area contributed by atoms with Gasteiger partial charge in [-0.2, -0.15) is 0 Å². The number of halogens is 2. The summed E-state index contributed by atoms with van der Waals surface area (Å²) in [6.07, 6.45) is 1.72. The molecule has 0 N–H and O–H groups in total. The fourth-order valence-electron chi connectivity index (χ4n) is 3.85. The van der Waals surface area contributed by atoms with Crippen LogP contribution in [0.15, 0.2) is 91.3 Å². The molecule has 0 atom stereocenters. The predicted molar refractivity (Wildman–Crippen MR) is 147 cm³/mol. The Kier molecular flexibility index (Phi) is 5.85. The Bertz CT molecular complexity index is 1620. The second-order valence-electron chi connectivity index (χ2n) is 7.50. The molecule has 35 heavy (non-hydrogen) atoms. The van der Waals surface area contributed by atoms with Crippen molar-refractivity contribution in [3.8, 4) is 40.1 Å². The van der Waals surface area contributed by atoms with Crippen molar-refractivity contribution in [2.45, 2.75) is 0 Å². The van der Waals surface area contributed by atoms with Gasteiger partial charge < -0.3 is 0 Å². The third-order valence-corrected chi connectivity index (χ3v) is 6.80. The minimum absolute atomic E-state index is 0.593. The average molecular weight is 683 g/mol. The molecule has 0 aliphatic heterocycles. The second-order valence-corrected chi connectivity index (χ2v) is 9.43. The summed E-state index contributed by atoms with van der Waals surface area (Å²) in [5, 5.41) is 26.1. The van der Waals surface area contributed by atoms with E-state index in [0.717, 1.165) is 32.3 Å². The Balaban J connectivity index is 1.48. The van der Waals surface area contributed by atoms with Crippen LogP contribution in [0.2, 0.25) is 0 Å². The van der Waals surface area contributed by atoms with E-state index in [4.69, 9.17) is 0 Å². The Morgan fingerprint density at radius 1 is 0.514 bits per heavy atom. The summed E-state index contributed by atoms with van der Waals surface area (Å²) >= 11 is 4.36. The van der Waals surface area contributed by atoms with Gasteiger partial charge in [0.15, 0.2) is 13.5 Å². The lowest BCUT2D eigenvalue weighted by Crippen LogP contribution is -2.06. The molecule has 6 rings (SSSR count). The van der Waals surface area contributed by atoms with E-state index in [2.05, 4.69) is 75.8 Å². The summed E-state index contributed by atoms with van der Waals surface area (Å²) in [4.78, 5) is 0. The molecule has 3 aromatic heterocycles. The third kappa shape index (κ3) is 4.03. The van der Waals surface area contributed by atoms with Gasteiger partial charge in [-0.3, -0.25) is 13.7 Å². The summed E-state index contributed by atoms with van der Waals surface area (Å²) < 4.78 is 7.33. The molecule has 0 bridgehead atoms. The van der Waals surface area contributed by atoms with Crippen LogP contribution in [0.1, 0.15) is 0 Å². The second kappa shape index (κ2) is 9.30. The first-order valence-corrected chi connectivity index (χ1v) is 12.7. The van der Waals surface area contributed by atoms with E-state index in [-0.39, 0.29) is 0 Å². The first-order chi connectivity index (χ1) is 17.2. The topological polar surface area (TPSA) is 92.1 Å². The van der Waals surface area contributed by atoms with Crippen molar-refractivity contribution < 1.29 is 0 Å². The standard InChI is InChI=1S/C24H15I2N9/c25-23-31-29-21(34(23)18-11-5-2-6-12-18)22-30-32-24(26)35(22)19-13-7-8-16(14-19)20-28-27-15-33(20)17-9-3-1-4-10-17/h1-15H. The highest BCUT2D eigenvalue weighted by molar-refractivity contribution is 14.1. The molecule has 3 heterocycles. The maximum Gasteiger partial charge on any atom is 0.207 e. The predicted octanol–water partition coefficient (Wildman–Crippen LogP) is 4.97. The minimum Gasteiger partial charge on any atom is -0.282 e. The van der Waals surface area contributed by atoms with Crippen LogP contribution in [-0.2, 0) is 0 Å². The van der Waals surface area contributed by atoms with Crippen molar-refractivity contribution in [2.24, 2.45) is 0 Å². The summed E-state index contributed by atoms with van der Waals surface area (Å²) in [5.41, 5.74) is 3.74. The first kappa shape index (κ1) is 22.0. The van der Waals surface area contributed by atoms with Gasteiger partial charge in [-0.05, 0) is 36.4 Å². The zero-order valence-corrected chi connectivity index (χ0v) is 22.3. The molecule has 9 nitrogen and oxygen atoms in total. The number of hydrogen-bond acceptors (Lipinski definition) is 6. The Labute approximate surface area is 227 Å². The number of benzene rings is 3. The number of para-hydroxylation sites is 2. The van der Waals surface area contributed by atoms with Crippen molar-refractivity contribution in [2.75, 3.05) is 0 Å². The summed E-state index contributed by atoms with van der Waals surface area (Å²) in [5.74, 6) is 1.94. The molecule has 0 aliphatic rings. The van der Waals surface area contributed by atoms with Crippen LogP contribution in [0.25, 0.3) is 40.1 Å². The molecule has 0 unspecified atom stereocenters. The van der Waals surface area contributed by atoms with Gasteiger partial charge in [0.25, 0.3) is 0 Å². The van der Waals surface area contributed by atoms with E-state index in [1.807, 2.05) is 98.6 Å². The van der Waals surface area contributed by atoms with Gasteiger partial charge in [0.1, 0.15) is 6.33 Å². The van der Waals surface area contributed by atoms with Crippen LogP contribution >= 0.6 is 45.2 Å². The first-order valence-electron chi connectivity index (χ1n) is 10.5. The van der Waals surface area contributed by atoms with Crippen molar-refractivity contribution in [1.29, 1.82) is 0 Å². The molecule has 0 spiro atoms. The van der Waals surface area contributed by atoms with Gasteiger partial charge in [0, 0.05) is 62.1 Å². The number of hydrogen-bond donors (Lipinski definition) is 0. The highest BCUT2D eigenvalue weighted by Crippen LogP contribution is 2.29. The van der Waals surface area contributed by atoms with Crippen molar-refractivity contribution in [1.82, 2.24) is 44.3 Å². The normalized spacial score (nSPS) is 11.1. The quantitative estimate of drug-likeness (QED) is 0.239. The molecule has 0 radical (unpaired) electrons. The van der Waals surface area contributed by atoms with E-state index >= 15 is 0 Å². The smallest absolute Gasteiger partial charge is 0.207 e. The molecule has 0 saturated heterocycles. The van der Waals surface area contributed by atoms with Gasteiger partial charge in [0.05, 0.1) is 5.69 Å². The Morgan fingerprint density at radius 2 is 1.09 bits per heavy atom. The van der Waals surface area contributed by atoms with Crippen LogP contribution in [0, 0.1) is 7.66 Å². The lowest BCUT2D eigenvalue weighted by Gasteiger charge is -2.12. The SMILES string of the molecule is Ic1nnc(-c2nnc(I)n2-c2cccc(-c3nncn3-c3ccccc3)c2)n1-c1ccccc1. The van der Waals surface area contributed by atoms with Crippen LogP contribution < -0.4 is 0 Å². The van der Waals surface area contributed by atoms with Crippen molar-refractivity contribution >= 4 is 45.2 Å². The van der Waals surface area contributed by atoms with Crippen LogP contribution in [0.4, 0.5) is 0 Å². The van der Waals surface area contributed by atoms with Crippen LogP contribution in [0.5, 0.6) is 0 Å². The molecule has 0 amide bonds. The van der Waals surface area contributed by atoms with Crippen LogP contribution in [-0.4, -0.2) is 44.3 Å². The zero-order chi connectivity index (χ0) is 23.8. The lowest BCUT2D eigenvalue weighted by atomic mass is 10.1. The van der Waals surface area contributed by atoms with E-state index in [9.17, 15) is 0 Å². The monoisotopic (exact) mass is 683 g/mol. The van der Waals surface area contributed by atoms with E-state index in [1.165, 1.54) is 0 Å². The summed E-state index contributed by atoms with van der Waals surface area (Å²) in [7, 11) is 0. The zero-order valence-electron chi connectivity index (χ0n) is 17.9. The maximum atomic E-state index is 4.47. The third-order valence-electron chi connectivity index (χ3n) is 5.41. The van der Waals surface area contributed by atoms with E-state index in [0.29, 0.717) is 15.5 Å². The highest BCUT2D eigenvalue weighted by Gasteiger charge is 2.22. The number of nitrogens with zero attached hydrogens (tertiary/aromatic N) is 9. The molecular formula is C24H15I2N9. The molecule has 3 aromatic carbocycles. The Hall–Kier alpha value is -3.46. The van der Waals surface area contributed by atoms with Gasteiger partial charge in [0.2, 0.25) is 11.6 Å².